The third-order valence-corrected chi connectivity index (χ3v) is 2.64. The van der Waals surface area contributed by atoms with Crippen molar-refractivity contribution in [1.29, 1.82) is 0 Å². The van der Waals surface area contributed by atoms with Crippen molar-refractivity contribution >= 4 is 23.2 Å². The van der Waals surface area contributed by atoms with Gasteiger partial charge in [0.1, 0.15) is 11.9 Å². The third kappa shape index (κ3) is 3.15. The Morgan fingerprint density at radius 1 is 1.59 bits per heavy atom. The standard InChI is InChI=1S/C11H12ClFN2O2/c12-7-1-2-9(8(13)5-7)15-11(16)10-6-14-3-4-17-10/h1-2,5,10,14H,3-4,6H2,(H,15,16). The second-order valence-corrected chi connectivity index (χ2v) is 4.11. The van der Waals surface area contributed by atoms with Crippen molar-refractivity contribution in [3.63, 3.8) is 0 Å². The van der Waals surface area contributed by atoms with Crippen molar-refractivity contribution in [2.45, 2.75) is 6.10 Å². The van der Waals surface area contributed by atoms with Crippen molar-refractivity contribution in [1.82, 2.24) is 5.32 Å². The first-order valence-electron chi connectivity index (χ1n) is 5.25. The highest BCUT2D eigenvalue weighted by atomic mass is 35.5. The van der Waals surface area contributed by atoms with Gasteiger partial charge in [0.15, 0.2) is 0 Å². The van der Waals surface area contributed by atoms with Gasteiger partial charge in [-0.15, -0.1) is 0 Å². The SMILES string of the molecule is O=C(Nc1ccc(Cl)cc1F)C1CNCCO1. The smallest absolute Gasteiger partial charge is 0.254 e. The Morgan fingerprint density at radius 2 is 2.41 bits per heavy atom. The molecule has 2 rings (SSSR count). The number of halogens is 2. The summed E-state index contributed by atoms with van der Waals surface area (Å²) in [4.78, 5) is 11.7. The van der Waals surface area contributed by atoms with E-state index in [1.807, 2.05) is 0 Å². The van der Waals surface area contributed by atoms with Gasteiger partial charge in [-0.1, -0.05) is 11.6 Å². The van der Waals surface area contributed by atoms with E-state index in [1.54, 1.807) is 0 Å². The number of amides is 1. The lowest BCUT2D eigenvalue weighted by atomic mass is 10.2. The summed E-state index contributed by atoms with van der Waals surface area (Å²) in [5, 5.41) is 5.78. The van der Waals surface area contributed by atoms with Crippen LogP contribution >= 0.6 is 11.6 Å². The maximum atomic E-state index is 13.4. The van der Waals surface area contributed by atoms with E-state index in [1.165, 1.54) is 12.1 Å². The predicted molar refractivity (Wildman–Crippen MR) is 62.6 cm³/mol. The van der Waals surface area contributed by atoms with Crippen LogP contribution in [0.15, 0.2) is 18.2 Å². The normalized spacial score (nSPS) is 20.0. The number of ether oxygens (including phenoxy) is 1. The molecule has 0 spiro atoms. The summed E-state index contributed by atoms with van der Waals surface area (Å²) in [5.74, 6) is -0.923. The Bertz CT molecular complexity index is 422. The number of benzene rings is 1. The zero-order valence-electron chi connectivity index (χ0n) is 9.00. The van der Waals surface area contributed by atoms with E-state index in [0.717, 1.165) is 12.6 Å². The highest BCUT2D eigenvalue weighted by molar-refractivity contribution is 6.30. The van der Waals surface area contributed by atoms with Crippen LogP contribution < -0.4 is 10.6 Å². The van der Waals surface area contributed by atoms with Gasteiger partial charge in [0.25, 0.3) is 5.91 Å². The molecule has 0 bridgehead atoms. The number of carbonyl (C=O) groups excluding carboxylic acids is 1. The number of hydrogen-bond donors (Lipinski definition) is 2. The van der Waals surface area contributed by atoms with Gasteiger partial charge in [-0.3, -0.25) is 4.79 Å². The van der Waals surface area contributed by atoms with E-state index in [-0.39, 0.29) is 16.6 Å². The Labute approximate surface area is 103 Å². The van der Waals surface area contributed by atoms with Crippen LogP contribution in [0, 0.1) is 5.82 Å². The quantitative estimate of drug-likeness (QED) is 0.843. The molecule has 1 amide bonds. The summed E-state index contributed by atoms with van der Waals surface area (Å²) >= 11 is 5.61. The summed E-state index contributed by atoms with van der Waals surface area (Å²) < 4.78 is 18.7. The highest BCUT2D eigenvalue weighted by Crippen LogP contribution is 2.19. The minimum absolute atomic E-state index is 0.105. The molecule has 0 aromatic heterocycles. The summed E-state index contributed by atoms with van der Waals surface area (Å²) in [6.07, 6.45) is -0.584. The molecular weight excluding hydrogens is 247 g/mol. The van der Waals surface area contributed by atoms with Crippen LogP contribution in [0.2, 0.25) is 5.02 Å². The lowest BCUT2D eigenvalue weighted by Crippen LogP contribution is -2.45. The first kappa shape index (κ1) is 12.3. The van der Waals surface area contributed by atoms with E-state index < -0.39 is 11.9 Å². The van der Waals surface area contributed by atoms with Gasteiger partial charge in [-0.25, -0.2) is 4.39 Å². The molecular formula is C11H12ClFN2O2. The monoisotopic (exact) mass is 258 g/mol. The fraction of sp³-hybridized carbons (Fsp3) is 0.364. The molecule has 6 heteroatoms. The average Bonchev–Trinajstić information content (AvgIpc) is 2.34. The largest absolute Gasteiger partial charge is 0.366 e. The van der Waals surface area contributed by atoms with Crippen molar-refractivity contribution < 1.29 is 13.9 Å². The summed E-state index contributed by atoms with van der Waals surface area (Å²) in [7, 11) is 0. The Balaban J connectivity index is 2.02. The van der Waals surface area contributed by atoms with Crippen molar-refractivity contribution in [3.8, 4) is 0 Å². The lowest BCUT2D eigenvalue weighted by Gasteiger charge is -2.22. The van der Waals surface area contributed by atoms with Crippen LogP contribution in [-0.2, 0) is 9.53 Å². The van der Waals surface area contributed by atoms with Gasteiger partial charge in [0.2, 0.25) is 0 Å². The number of carbonyl (C=O) groups is 1. The fourth-order valence-corrected chi connectivity index (χ4v) is 1.70. The van der Waals surface area contributed by atoms with Crippen molar-refractivity contribution in [2.24, 2.45) is 0 Å². The van der Waals surface area contributed by atoms with E-state index in [0.29, 0.717) is 13.2 Å². The molecule has 4 nitrogen and oxygen atoms in total. The molecule has 1 fully saturated rings. The van der Waals surface area contributed by atoms with Gasteiger partial charge in [-0.2, -0.15) is 0 Å². The molecule has 92 valence electrons. The summed E-state index contributed by atoms with van der Waals surface area (Å²) in [5.41, 5.74) is 0.105. The van der Waals surface area contributed by atoms with Gasteiger partial charge >= 0.3 is 0 Å². The average molecular weight is 259 g/mol. The summed E-state index contributed by atoms with van der Waals surface area (Å²) in [6, 6.07) is 4.09. The van der Waals surface area contributed by atoms with Gasteiger partial charge in [0, 0.05) is 18.1 Å². The zero-order valence-corrected chi connectivity index (χ0v) is 9.76. The Kier molecular flexibility index (Phi) is 3.93. The molecule has 1 unspecified atom stereocenters. The number of hydrogen-bond acceptors (Lipinski definition) is 3. The summed E-state index contributed by atoms with van der Waals surface area (Å²) in [6.45, 7) is 1.63. The van der Waals surface area contributed by atoms with Crippen molar-refractivity contribution in [3.05, 3.63) is 29.0 Å². The molecule has 1 heterocycles. The molecule has 0 radical (unpaired) electrons. The third-order valence-electron chi connectivity index (χ3n) is 2.41. The molecule has 1 aliphatic rings. The van der Waals surface area contributed by atoms with Crippen LogP contribution in [0.4, 0.5) is 10.1 Å². The molecule has 1 saturated heterocycles. The van der Waals surface area contributed by atoms with Crippen molar-refractivity contribution in [2.75, 3.05) is 25.0 Å². The van der Waals surface area contributed by atoms with Crippen LogP contribution in [0.5, 0.6) is 0 Å². The molecule has 2 N–H and O–H groups in total. The maximum Gasteiger partial charge on any atom is 0.254 e. The molecule has 0 saturated carbocycles. The predicted octanol–water partition coefficient (Wildman–Crippen LogP) is 1.41. The molecule has 1 aromatic carbocycles. The van der Waals surface area contributed by atoms with E-state index in [9.17, 15) is 9.18 Å². The minimum atomic E-state index is -0.584. The lowest BCUT2D eigenvalue weighted by molar-refractivity contribution is -0.128. The van der Waals surface area contributed by atoms with Crippen LogP contribution in [0.1, 0.15) is 0 Å². The number of nitrogens with one attached hydrogen (secondary N) is 2. The topological polar surface area (TPSA) is 50.4 Å². The van der Waals surface area contributed by atoms with E-state index in [2.05, 4.69) is 10.6 Å². The zero-order chi connectivity index (χ0) is 12.3. The van der Waals surface area contributed by atoms with Crippen LogP contribution in [0.25, 0.3) is 0 Å². The van der Waals surface area contributed by atoms with Gasteiger partial charge in [0.05, 0.1) is 12.3 Å². The first-order valence-corrected chi connectivity index (χ1v) is 5.63. The first-order chi connectivity index (χ1) is 8.16. The molecule has 1 atom stereocenters. The second kappa shape index (κ2) is 5.44. The van der Waals surface area contributed by atoms with Gasteiger partial charge in [-0.05, 0) is 18.2 Å². The molecule has 17 heavy (non-hydrogen) atoms. The van der Waals surface area contributed by atoms with E-state index in [4.69, 9.17) is 16.3 Å². The number of morpholine rings is 1. The van der Waals surface area contributed by atoms with Crippen LogP contribution in [0.3, 0.4) is 0 Å². The van der Waals surface area contributed by atoms with Crippen LogP contribution in [-0.4, -0.2) is 31.7 Å². The van der Waals surface area contributed by atoms with Gasteiger partial charge < -0.3 is 15.4 Å². The number of rotatable bonds is 2. The van der Waals surface area contributed by atoms with E-state index >= 15 is 0 Å². The number of anilines is 1. The highest BCUT2D eigenvalue weighted by Gasteiger charge is 2.22. The molecule has 1 aliphatic heterocycles. The second-order valence-electron chi connectivity index (χ2n) is 3.68. The molecule has 1 aromatic rings. The molecule has 0 aliphatic carbocycles. The minimum Gasteiger partial charge on any atom is -0.366 e. The Hall–Kier alpha value is -1.17. The fourth-order valence-electron chi connectivity index (χ4n) is 1.54. The Morgan fingerprint density at radius 3 is 3.06 bits per heavy atom. The maximum absolute atomic E-state index is 13.4.